The van der Waals surface area contributed by atoms with E-state index in [1.54, 1.807) is 18.2 Å². The first kappa shape index (κ1) is 110. The van der Waals surface area contributed by atoms with Crippen molar-refractivity contribution in [2.24, 2.45) is 16.2 Å². The number of aromatic nitrogens is 3. The second-order valence-corrected chi connectivity index (χ2v) is 51.5. The predicted octanol–water partition coefficient (Wildman–Crippen LogP) is 19.0. The number of nitrogens with zero attached hydrogens (tertiary/aromatic N) is 17. The molecule has 6 atom stereocenters. The highest BCUT2D eigenvalue weighted by Gasteiger charge is 2.52. The number of carbonyl (C=O) groups is 8. The van der Waals surface area contributed by atoms with Gasteiger partial charge in [-0.2, -0.15) is 0 Å². The van der Waals surface area contributed by atoms with Crippen molar-refractivity contribution < 1.29 is 54.4 Å². The fourth-order valence-electron chi connectivity index (χ4n) is 22.1. The molecular weight excluding hydrogens is 1890 g/mol. The lowest BCUT2D eigenvalue weighted by Crippen LogP contribution is -2.59. The fraction of sp³-hybridized carbons (Fsp3) is 0.611. The summed E-state index contributed by atoms with van der Waals surface area (Å²) in [6, 6.07) is 43.6. The number of carbonyl (C=O) groups excluding carboxylic acids is 8. The van der Waals surface area contributed by atoms with Crippen molar-refractivity contribution in [2.45, 2.75) is 281 Å². The molecule has 1 aromatic heterocycles. The molecule has 1 spiro atoms. The SMILES string of the molecule is CC(C)(C)CCN1C(=O)[C@H](CC(=O)N2CCC(n3nnc4ccccc43)CC2)SC1c1cccc(F)c1N1CCN(C(C)(C)C)CC1.CC(C)(C)CCN1C(=O)[C@H](CC(=O)N2CCC3(CC2)NC(=O)CN3c2ccccc2)SC1c1cccc(F)c1N1CCN(C(C)(C)C)CC1.CCC(=O)N(c1ccccc1)C1CCN(C(=O)C[C@@H]2SC(c3cccc(F)c3N3CCN(C(C)(C)C)CC3)N(CCC(C)(C)C)C2=O)CC1.[HH].[HH]. The van der Waals surface area contributed by atoms with E-state index in [-0.39, 0.29) is 148 Å². The van der Waals surface area contributed by atoms with Crippen LogP contribution in [0.1, 0.15) is 257 Å². The smallest absolute Gasteiger partial charge is 0.241 e. The van der Waals surface area contributed by atoms with Crippen LogP contribution >= 0.6 is 35.3 Å². The van der Waals surface area contributed by atoms with E-state index < -0.39 is 21.4 Å². The molecule has 10 fully saturated rings. The normalized spacial score (nSPS) is 22.3. The summed E-state index contributed by atoms with van der Waals surface area (Å²) in [5.41, 5.74) is 7.65. The molecule has 26 nitrogen and oxygen atoms in total. The third-order valence-electron chi connectivity index (χ3n) is 30.8. The summed E-state index contributed by atoms with van der Waals surface area (Å²) in [5.74, 6) is -0.902. The van der Waals surface area contributed by atoms with E-state index in [0.717, 1.165) is 124 Å². The molecule has 0 aliphatic carbocycles. The van der Waals surface area contributed by atoms with Gasteiger partial charge >= 0.3 is 0 Å². The van der Waals surface area contributed by atoms with Gasteiger partial charge in [0, 0.05) is 230 Å². The maximum absolute atomic E-state index is 15.8. The molecule has 6 aromatic carbocycles. The van der Waals surface area contributed by atoms with Crippen LogP contribution in [-0.4, -0.2) is 294 Å². The lowest BCUT2D eigenvalue weighted by Gasteiger charge is -2.45. The summed E-state index contributed by atoms with van der Waals surface area (Å²) in [5, 5.41) is 9.23. The van der Waals surface area contributed by atoms with Crippen LogP contribution < -0.4 is 29.8 Å². The van der Waals surface area contributed by atoms with Gasteiger partial charge in [0.2, 0.25) is 47.3 Å². The van der Waals surface area contributed by atoms with E-state index >= 15 is 13.2 Å². The molecule has 1 N–H and O–H groups in total. The summed E-state index contributed by atoms with van der Waals surface area (Å²) in [6.07, 6.45) is 7.37. The minimum absolute atomic E-state index is 0. The van der Waals surface area contributed by atoms with Gasteiger partial charge in [-0.15, -0.1) is 40.4 Å². The average Bonchev–Trinajstić information content (AvgIpc) is 1.63. The first-order chi connectivity index (χ1) is 68.6. The number of piperazine rings is 3. The van der Waals surface area contributed by atoms with Crippen molar-refractivity contribution in [1.29, 1.82) is 0 Å². The molecule has 0 saturated carbocycles. The van der Waals surface area contributed by atoms with E-state index in [9.17, 15) is 38.4 Å². The maximum Gasteiger partial charge on any atom is 0.241 e. The van der Waals surface area contributed by atoms with E-state index in [1.165, 1.54) is 53.5 Å². The van der Waals surface area contributed by atoms with Crippen LogP contribution in [0.15, 0.2) is 140 Å². The Hall–Kier alpha value is -9.60. The number of para-hydroxylation sites is 6. The van der Waals surface area contributed by atoms with Gasteiger partial charge in [0.15, 0.2) is 0 Å². The van der Waals surface area contributed by atoms with Gasteiger partial charge in [-0.25, -0.2) is 17.9 Å². The predicted molar refractivity (Wildman–Crippen MR) is 584 cm³/mol. The van der Waals surface area contributed by atoms with Gasteiger partial charge < -0.3 is 59.2 Å². The average molecular weight is 2050 g/mol. The number of rotatable bonds is 23. The Bertz CT molecular complexity index is 5670. The van der Waals surface area contributed by atoms with Gasteiger partial charge in [0.1, 0.15) is 44.8 Å². The summed E-state index contributed by atoms with van der Waals surface area (Å²) in [4.78, 5) is 138. The van der Waals surface area contributed by atoms with Crippen LogP contribution in [-0.2, 0) is 38.4 Å². The summed E-state index contributed by atoms with van der Waals surface area (Å²) >= 11 is 4.50. The number of hydrogen-bond acceptors (Lipinski definition) is 20. The van der Waals surface area contributed by atoms with Crippen molar-refractivity contribution in [3.05, 3.63) is 174 Å². The Morgan fingerprint density at radius 2 is 0.766 bits per heavy atom. The molecule has 792 valence electrons. The Kier molecular flexibility index (Phi) is 34.6. The monoisotopic (exact) mass is 2050 g/mol. The molecule has 3 unspecified atom stereocenters. The van der Waals surface area contributed by atoms with Crippen LogP contribution in [0.5, 0.6) is 0 Å². The molecule has 17 rings (SSSR count). The standard InChI is InChI=1S/C39H56FN5O3S.C38H53FN6O3S.C36H50FN7O2S.2H2/c1-8-33(46)45(28-13-10-9-11-14-28)29-17-20-41(21-18-29)34(47)27-32-36(48)44(22-19-38(2,3)4)37(49-32)30-15-12-16-31(40)35(30)42-23-25-43(26-24-42)39(5,6)7;1-36(2,3)15-20-44-34(48)30(49-35(44)28-13-10-14-29(39)33(28)42-21-23-43(24-22-42)37(4,5)6)25-32(47)41-18-16-38(17-19-41)40-31(46)26-45(38)27-11-8-7-9-12-27;1-35(2,3)16-19-43-33(46)30(24-31(45)40-17-14-25(15-18-40)44-29-13-8-7-12-28(29)38-39-44)47-34(43)26-10-9-11-27(37)32(26)41-20-22-42(23-21-41)36(4,5)6;;/h9-16,29,32,37H,8,17-27H2,1-7H3;7-14,30,35H,15-26H2,1-6H3,(H,40,46);7-13,25,30,34H,14-24H2,1-6H3;2*1H/t32-,37?;30-,35?;30-,34?;;/m000../s1. The molecule has 0 bridgehead atoms. The minimum atomic E-state index is -0.547. The fourth-order valence-corrected chi connectivity index (χ4v) is 26.6. The number of halogens is 3. The Labute approximate surface area is 875 Å². The largest absolute Gasteiger partial charge is 0.366 e. The zero-order valence-electron chi connectivity index (χ0n) is 89.4. The number of fused-ring (bicyclic) bond motifs is 1. The lowest BCUT2D eigenvalue weighted by molar-refractivity contribution is -0.137. The number of thioether (sulfide) groups is 3. The van der Waals surface area contributed by atoms with Crippen molar-refractivity contribution in [3.63, 3.8) is 0 Å². The highest BCUT2D eigenvalue weighted by Crippen LogP contribution is 2.53. The first-order valence-electron chi connectivity index (χ1n) is 53.0. The van der Waals surface area contributed by atoms with Crippen LogP contribution in [0.25, 0.3) is 11.0 Å². The Balaban J connectivity index is 0.000000183. The van der Waals surface area contributed by atoms with Crippen LogP contribution in [0.3, 0.4) is 0 Å². The van der Waals surface area contributed by atoms with Crippen molar-refractivity contribution in [3.8, 4) is 0 Å². The molecule has 11 heterocycles. The molecule has 10 saturated heterocycles. The number of amides is 8. The summed E-state index contributed by atoms with van der Waals surface area (Å²) in [7, 11) is 0. The van der Waals surface area contributed by atoms with Crippen LogP contribution in [0, 0.1) is 33.7 Å². The molecule has 10 aliphatic rings. The minimum Gasteiger partial charge on any atom is -0.366 e. The molecule has 8 amide bonds. The van der Waals surface area contributed by atoms with Crippen molar-refractivity contribution >= 4 is 122 Å². The summed E-state index contributed by atoms with van der Waals surface area (Å²) in [6.45, 7) is 55.9. The number of likely N-dealkylation sites (tertiary alicyclic amines) is 3. The van der Waals surface area contributed by atoms with Crippen LogP contribution in [0.4, 0.5) is 41.6 Å². The van der Waals surface area contributed by atoms with Crippen LogP contribution in [0.2, 0.25) is 0 Å². The zero-order valence-corrected chi connectivity index (χ0v) is 91.8. The van der Waals surface area contributed by atoms with Gasteiger partial charge in [0.25, 0.3) is 0 Å². The first-order valence-corrected chi connectivity index (χ1v) is 55.8. The number of anilines is 5. The Morgan fingerprint density at radius 1 is 0.421 bits per heavy atom. The topological polar surface area (TPSA) is 225 Å². The third-order valence-corrected chi connectivity index (χ3v) is 35.2. The molecule has 145 heavy (non-hydrogen) atoms. The van der Waals surface area contributed by atoms with E-state index in [4.69, 9.17) is 0 Å². The Morgan fingerprint density at radius 3 is 1.12 bits per heavy atom. The van der Waals surface area contributed by atoms with Crippen molar-refractivity contribution in [2.75, 3.05) is 168 Å². The molecule has 7 aromatic rings. The van der Waals surface area contributed by atoms with Gasteiger partial charge in [-0.1, -0.05) is 159 Å². The molecule has 0 radical (unpaired) electrons. The van der Waals surface area contributed by atoms with Gasteiger partial charge in [-0.3, -0.25) is 53.1 Å². The third kappa shape index (κ3) is 26.3. The quantitative estimate of drug-likeness (QED) is 0.0628. The highest BCUT2D eigenvalue weighted by molar-refractivity contribution is 8.01. The molecule has 10 aliphatic heterocycles. The molecular formula is C113H163F3N18O8S3. The second-order valence-electron chi connectivity index (χ2n) is 47.6. The molecule has 32 heteroatoms. The number of benzene rings is 6. The number of piperidine rings is 3. The maximum atomic E-state index is 15.8. The van der Waals surface area contributed by atoms with Gasteiger partial charge in [0.05, 0.1) is 50.9 Å². The van der Waals surface area contributed by atoms with Crippen molar-refractivity contribution in [1.82, 2.24) is 64.4 Å². The van der Waals surface area contributed by atoms with Gasteiger partial charge in [-0.05, 0) is 178 Å². The highest BCUT2D eigenvalue weighted by atomic mass is 32.2. The van der Waals surface area contributed by atoms with E-state index in [1.807, 2.05) is 149 Å². The lowest BCUT2D eigenvalue weighted by atomic mass is 9.92. The zero-order chi connectivity index (χ0) is 104. The van der Waals surface area contributed by atoms with E-state index in [0.29, 0.717) is 141 Å². The number of hydrogen-bond donors (Lipinski definition) is 1. The van der Waals surface area contributed by atoms with E-state index in [2.05, 4.69) is 175 Å². The second kappa shape index (κ2) is 45.8. The summed E-state index contributed by atoms with van der Waals surface area (Å²) < 4.78 is 49.3. The number of nitrogens with one attached hydrogen (secondary N) is 1.